The van der Waals surface area contributed by atoms with Crippen molar-refractivity contribution in [1.29, 1.82) is 0 Å². The lowest BCUT2D eigenvalue weighted by atomic mass is 10.0. The number of nitrogen functional groups attached to an aromatic ring is 1. The normalized spacial score (nSPS) is 36.7. The molecule has 6 atom stereocenters. The van der Waals surface area contributed by atoms with Gasteiger partial charge in [0, 0.05) is 18.2 Å². The summed E-state index contributed by atoms with van der Waals surface area (Å²) in [7, 11) is -2.75. The Balaban J connectivity index is 1.58. The van der Waals surface area contributed by atoms with Crippen LogP contribution in [0.3, 0.4) is 0 Å². The number of nitrogens with zero attached hydrogens (tertiary/aromatic N) is 4. The highest BCUT2D eigenvalue weighted by Crippen LogP contribution is 2.75. The summed E-state index contributed by atoms with van der Waals surface area (Å²) in [4.78, 5) is 12.8. The molecule has 11 heteroatoms. The Morgan fingerprint density at radius 2 is 2.17 bits per heavy atom. The summed E-state index contributed by atoms with van der Waals surface area (Å²) in [6.45, 7) is 7.82. The number of imidazole rings is 1. The Kier molecular flexibility index (Phi) is 4.17. The number of aromatic nitrogens is 4. The van der Waals surface area contributed by atoms with E-state index in [1.54, 1.807) is 13.0 Å². The largest absolute Gasteiger partial charge is 0.382 e. The Labute approximate surface area is 173 Å². The molecule has 2 saturated carbocycles. The van der Waals surface area contributed by atoms with Crippen LogP contribution in [0.5, 0.6) is 0 Å². The first-order valence-electron chi connectivity index (χ1n) is 9.79. The smallest absolute Gasteiger partial charge is 0.226 e. The van der Waals surface area contributed by atoms with Gasteiger partial charge < -0.3 is 24.3 Å². The topological polar surface area (TPSA) is 114 Å². The third kappa shape index (κ3) is 2.93. The van der Waals surface area contributed by atoms with Gasteiger partial charge in [-0.2, -0.15) is 9.97 Å². The molecule has 0 spiro atoms. The zero-order valence-corrected chi connectivity index (χ0v) is 18.5. The van der Waals surface area contributed by atoms with Gasteiger partial charge in [0.05, 0.1) is 25.1 Å². The fourth-order valence-corrected chi connectivity index (χ4v) is 7.88. The Morgan fingerprint density at radius 3 is 2.90 bits per heavy atom. The van der Waals surface area contributed by atoms with Crippen LogP contribution in [0.2, 0.25) is 5.28 Å². The van der Waals surface area contributed by atoms with Gasteiger partial charge in [-0.3, -0.25) is 4.57 Å². The highest BCUT2D eigenvalue weighted by molar-refractivity contribution is 7.58. The monoisotopic (exact) mass is 441 g/mol. The summed E-state index contributed by atoms with van der Waals surface area (Å²) in [6, 6.07) is -0.0706. The molecule has 0 amide bonds. The SMILES string of the molecule is CCOP(C)(=O)C[C@@]12C[C@@H]1[C@@H](n1cnc3c(N)nc(Cl)nc31)[C@@H]1OC(C)(C)O[C@@H]12. The maximum Gasteiger partial charge on any atom is 0.226 e. The van der Waals surface area contributed by atoms with Crippen LogP contribution >= 0.6 is 19.0 Å². The van der Waals surface area contributed by atoms with E-state index < -0.39 is 13.2 Å². The highest BCUT2D eigenvalue weighted by Gasteiger charge is 2.76. The summed E-state index contributed by atoms with van der Waals surface area (Å²) < 4.78 is 33.3. The molecular weight excluding hydrogens is 417 g/mol. The minimum absolute atomic E-state index is 0.0706. The van der Waals surface area contributed by atoms with Gasteiger partial charge >= 0.3 is 0 Å². The van der Waals surface area contributed by atoms with E-state index in [1.165, 1.54) is 0 Å². The van der Waals surface area contributed by atoms with Crippen LogP contribution in [-0.4, -0.2) is 56.9 Å². The lowest BCUT2D eigenvalue weighted by Crippen LogP contribution is -2.33. The van der Waals surface area contributed by atoms with Crippen molar-refractivity contribution in [3.63, 3.8) is 0 Å². The average molecular weight is 442 g/mol. The van der Waals surface area contributed by atoms with Crippen LogP contribution < -0.4 is 5.73 Å². The number of hydrogen-bond donors (Lipinski definition) is 1. The van der Waals surface area contributed by atoms with Gasteiger partial charge in [-0.25, -0.2) is 4.98 Å². The van der Waals surface area contributed by atoms with Crippen molar-refractivity contribution in [1.82, 2.24) is 19.5 Å². The van der Waals surface area contributed by atoms with Gasteiger partial charge in [-0.15, -0.1) is 0 Å². The van der Waals surface area contributed by atoms with Gasteiger partial charge in [-0.05, 0) is 44.7 Å². The molecule has 2 aromatic heterocycles. The van der Waals surface area contributed by atoms with Gasteiger partial charge in [-0.1, -0.05) is 0 Å². The molecule has 0 aromatic carbocycles. The molecule has 3 heterocycles. The molecule has 2 aliphatic carbocycles. The molecule has 2 aromatic rings. The number of anilines is 1. The van der Waals surface area contributed by atoms with Crippen molar-refractivity contribution < 1.29 is 18.6 Å². The third-order valence-electron chi connectivity index (χ3n) is 6.35. The molecule has 3 fully saturated rings. The van der Waals surface area contributed by atoms with Crippen molar-refractivity contribution in [2.75, 3.05) is 25.2 Å². The van der Waals surface area contributed by atoms with E-state index >= 15 is 0 Å². The van der Waals surface area contributed by atoms with Crippen molar-refractivity contribution in [2.45, 2.75) is 51.2 Å². The number of rotatable bonds is 5. The van der Waals surface area contributed by atoms with Gasteiger partial charge in [0.2, 0.25) is 12.7 Å². The molecule has 3 aliphatic rings. The second kappa shape index (κ2) is 6.14. The minimum Gasteiger partial charge on any atom is -0.382 e. The molecular formula is C18H25ClN5O4P. The third-order valence-corrected chi connectivity index (χ3v) is 8.49. The van der Waals surface area contributed by atoms with E-state index in [9.17, 15) is 4.57 Å². The maximum atomic E-state index is 13.1. The second-order valence-electron chi connectivity index (χ2n) is 8.85. The van der Waals surface area contributed by atoms with Crippen LogP contribution in [0, 0.1) is 11.3 Å². The molecule has 1 aliphatic heterocycles. The van der Waals surface area contributed by atoms with Gasteiger partial charge in [0.1, 0.15) is 11.6 Å². The Bertz CT molecular complexity index is 1040. The summed E-state index contributed by atoms with van der Waals surface area (Å²) in [5.74, 6) is -0.261. The molecule has 1 unspecified atom stereocenters. The van der Waals surface area contributed by atoms with E-state index in [2.05, 4.69) is 15.0 Å². The minimum atomic E-state index is -2.75. The Hall–Kier alpha value is -1.25. The molecule has 5 rings (SSSR count). The van der Waals surface area contributed by atoms with Crippen LogP contribution in [0.15, 0.2) is 6.33 Å². The molecule has 0 radical (unpaired) electrons. The average Bonchev–Trinajstić information content (AvgIpc) is 2.87. The standard InChI is InChI=1S/C18H25ClN5O4P/c1-5-26-29(4,25)7-18-6-9(18)11(12-13(18)28-17(2,3)27-12)24-8-21-10-14(20)22-16(19)23-15(10)24/h8-9,11-13H,5-7H2,1-4H3,(H2,20,22,23)/t9-,11-,12+,13+,18+,29?/m1/s1. The van der Waals surface area contributed by atoms with E-state index in [4.69, 9.17) is 31.3 Å². The molecule has 9 nitrogen and oxygen atoms in total. The number of fused-ring (bicyclic) bond motifs is 4. The van der Waals surface area contributed by atoms with E-state index in [1.807, 2.05) is 25.3 Å². The predicted molar refractivity (Wildman–Crippen MR) is 108 cm³/mol. The maximum absolute atomic E-state index is 13.1. The highest BCUT2D eigenvalue weighted by atomic mass is 35.5. The molecule has 29 heavy (non-hydrogen) atoms. The van der Waals surface area contributed by atoms with Gasteiger partial charge in [0.25, 0.3) is 0 Å². The molecule has 2 N–H and O–H groups in total. The summed E-state index contributed by atoms with van der Waals surface area (Å²) in [5.41, 5.74) is 6.82. The van der Waals surface area contributed by atoms with Crippen molar-refractivity contribution in [3.05, 3.63) is 11.6 Å². The number of hydrogen-bond acceptors (Lipinski definition) is 8. The van der Waals surface area contributed by atoms with Crippen LogP contribution in [0.4, 0.5) is 5.82 Å². The quantitative estimate of drug-likeness (QED) is 0.556. The summed E-state index contributed by atoms with van der Waals surface area (Å²) in [5, 5.41) is 0.0756. The molecule has 158 valence electrons. The summed E-state index contributed by atoms with van der Waals surface area (Å²) in [6.07, 6.45) is 2.69. The van der Waals surface area contributed by atoms with Crippen LogP contribution in [-0.2, 0) is 18.6 Å². The predicted octanol–water partition coefficient (Wildman–Crippen LogP) is 3.09. The lowest BCUT2D eigenvalue weighted by molar-refractivity contribution is -0.160. The fraction of sp³-hybridized carbons (Fsp3) is 0.722. The number of nitrogens with two attached hydrogens (primary N) is 1. The van der Waals surface area contributed by atoms with Crippen molar-refractivity contribution >= 4 is 36.0 Å². The van der Waals surface area contributed by atoms with Crippen LogP contribution in [0.25, 0.3) is 11.2 Å². The second-order valence-corrected chi connectivity index (χ2v) is 11.8. The fourth-order valence-electron chi connectivity index (χ4n) is 5.46. The van der Waals surface area contributed by atoms with Crippen molar-refractivity contribution in [2.24, 2.45) is 11.3 Å². The zero-order valence-electron chi connectivity index (χ0n) is 16.8. The summed E-state index contributed by atoms with van der Waals surface area (Å²) >= 11 is 6.06. The van der Waals surface area contributed by atoms with Crippen molar-refractivity contribution in [3.8, 4) is 0 Å². The zero-order chi connectivity index (χ0) is 20.8. The Morgan fingerprint density at radius 1 is 1.41 bits per heavy atom. The first kappa shape index (κ1) is 19.7. The van der Waals surface area contributed by atoms with E-state index in [0.29, 0.717) is 23.9 Å². The number of halogens is 1. The first-order valence-corrected chi connectivity index (χ1v) is 12.4. The molecule has 1 saturated heterocycles. The van der Waals surface area contributed by atoms with Gasteiger partial charge in [0.15, 0.2) is 17.3 Å². The van der Waals surface area contributed by atoms with E-state index in [0.717, 1.165) is 6.42 Å². The lowest BCUT2D eigenvalue weighted by Gasteiger charge is -2.25. The first-order chi connectivity index (χ1) is 13.6. The van der Waals surface area contributed by atoms with E-state index in [-0.39, 0.29) is 40.7 Å². The van der Waals surface area contributed by atoms with Crippen LogP contribution in [0.1, 0.15) is 33.2 Å². The molecule has 0 bridgehead atoms. The number of ether oxygens (including phenoxy) is 2.